The van der Waals surface area contributed by atoms with Gasteiger partial charge < -0.3 is 15.3 Å². The highest BCUT2D eigenvalue weighted by Gasteiger charge is 2.33. The normalized spacial score (nSPS) is 17.6. The van der Waals surface area contributed by atoms with Crippen LogP contribution in [0.5, 0.6) is 0 Å². The molecule has 2 rings (SSSR count). The molecule has 1 fully saturated rings. The van der Waals surface area contributed by atoms with E-state index in [0.29, 0.717) is 13.1 Å². The molecule has 0 bridgehead atoms. The molecule has 1 aromatic rings. The van der Waals surface area contributed by atoms with Crippen molar-refractivity contribution in [2.45, 2.75) is 26.2 Å². The minimum absolute atomic E-state index is 0.0984. The third-order valence-electron chi connectivity index (χ3n) is 4.37. The number of nitrogens with zero attached hydrogens (tertiary/aromatic N) is 1. The van der Waals surface area contributed by atoms with E-state index in [-0.39, 0.29) is 23.7 Å². The van der Waals surface area contributed by atoms with Crippen LogP contribution in [0.2, 0.25) is 0 Å². The summed E-state index contributed by atoms with van der Waals surface area (Å²) >= 11 is 0. The average Bonchev–Trinajstić information content (AvgIpc) is 2.51. The van der Waals surface area contributed by atoms with E-state index in [9.17, 15) is 18.7 Å². The number of piperidine rings is 1. The summed E-state index contributed by atoms with van der Waals surface area (Å²) < 4.78 is 25.9. The van der Waals surface area contributed by atoms with Crippen molar-refractivity contribution < 1.29 is 18.7 Å². The van der Waals surface area contributed by atoms with Crippen LogP contribution in [-0.4, -0.2) is 35.7 Å². The number of benzene rings is 1. The first kappa shape index (κ1) is 15.7. The Kier molecular flexibility index (Phi) is 4.77. The molecule has 1 aliphatic heterocycles. The largest absolute Gasteiger partial charge is 0.396 e. The minimum atomic E-state index is -0.989. The van der Waals surface area contributed by atoms with Crippen molar-refractivity contribution >= 4 is 11.7 Å². The third kappa shape index (κ3) is 3.50. The maximum absolute atomic E-state index is 13.1. The third-order valence-corrected chi connectivity index (χ3v) is 4.37. The van der Waals surface area contributed by atoms with Crippen LogP contribution < -0.4 is 5.32 Å². The van der Waals surface area contributed by atoms with Crippen LogP contribution >= 0.6 is 0 Å². The van der Waals surface area contributed by atoms with E-state index in [0.717, 1.165) is 31.4 Å². The number of carbonyl (C=O) groups excluding carboxylic acids is 1. The van der Waals surface area contributed by atoms with Crippen molar-refractivity contribution in [3.8, 4) is 0 Å². The van der Waals surface area contributed by atoms with Crippen LogP contribution in [0, 0.1) is 17.0 Å². The number of halogens is 2. The number of aliphatic hydroxyl groups excluding tert-OH is 1. The topological polar surface area (TPSA) is 52.6 Å². The predicted molar refractivity (Wildman–Crippen MR) is 76.0 cm³/mol. The fourth-order valence-corrected chi connectivity index (χ4v) is 2.58. The summed E-state index contributed by atoms with van der Waals surface area (Å²) in [7, 11) is 0. The van der Waals surface area contributed by atoms with Gasteiger partial charge in [0.2, 0.25) is 0 Å². The van der Waals surface area contributed by atoms with Gasteiger partial charge in [-0.3, -0.25) is 0 Å². The number of amides is 2. The first-order chi connectivity index (χ1) is 9.99. The smallest absolute Gasteiger partial charge is 0.321 e. The summed E-state index contributed by atoms with van der Waals surface area (Å²) in [6, 6.07) is 2.93. The predicted octanol–water partition coefficient (Wildman–Crippen LogP) is 2.98. The number of urea groups is 1. The molecule has 1 saturated heterocycles. The van der Waals surface area contributed by atoms with Gasteiger partial charge in [-0.15, -0.1) is 0 Å². The van der Waals surface area contributed by atoms with Gasteiger partial charge >= 0.3 is 6.03 Å². The van der Waals surface area contributed by atoms with Crippen molar-refractivity contribution in [3.05, 3.63) is 29.8 Å². The number of carbonyl (C=O) groups is 1. The Hall–Kier alpha value is -1.69. The van der Waals surface area contributed by atoms with E-state index in [4.69, 9.17) is 0 Å². The summed E-state index contributed by atoms with van der Waals surface area (Å²) in [5.41, 5.74) is 0.132. The summed E-state index contributed by atoms with van der Waals surface area (Å²) in [6.45, 7) is 3.25. The highest BCUT2D eigenvalue weighted by molar-refractivity contribution is 5.89. The molecule has 6 heteroatoms. The van der Waals surface area contributed by atoms with Crippen molar-refractivity contribution in [2.24, 2.45) is 5.41 Å². The molecule has 0 atom stereocenters. The van der Waals surface area contributed by atoms with Crippen molar-refractivity contribution in [2.75, 3.05) is 25.0 Å². The van der Waals surface area contributed by atoms with Gasteiger partial charge in [-0.2, -0.15) is 0 Å². The van der Waals surface area contributed by atoms with E-state index < -0.39 is 11.6 Å². The summed E-state index contributed by atoms with van der Waals surface area (Å²) in [4.78, 5) is 13.7. The average molecular weight is 298 g/mol. The molecule has 0 radical (unpaired) electrons. The lowest BCUT2D eigenvalue weighted by Gasteiger charge is -2.40. The Morgan fingerprint density at radius 1 is 1.33 bits per heavy atom. The van der Waals surface area contributed by atoms with Crippen molar-refractivity contribution in [3.63, 3.8) is 0 Å². The Bertz CT molecular complexity index is 508. The SMILES string of the molecule is CCC1(CO)CCN(C(=O)Nc2ccc(F)c(F)c2)CC1. The molecule has 2 N–H and O–H groups in total. The molecule has 0 spiro atoms. The van der Waals surface area contributed by atoms with E-state index in [1.807, 2.05) is 6.92 Å². The van der Waals surface area contributed by atoms with Gasteiger partial charge in [0, 0.05) is 31.5 Å². The fourth-order valence-electron chi connectivity index (χ4n) is 2.58. The molecule has 0 unspecified atom stereocenters. The monoisotopic (exact) mass is 298 g/mol. The number of aliphatic hydroxyl groups is 1. The van der Waals surface area contributed by atoms with Crippen LogP contribution in [-0.2, 0) is 0 Å². The highest BCUT2D eigenvalue weighted by Crippen LogP contribution is 2.34. The van der Waals surface area contributed by atoms with Gasteiger partial charge in [-0.1, -0.05) is 6.92 Å². The van der Waals surface area contributed by atoms with Gasteiger partial charge in [0.05, 0.1) is 0 Å². The highest BCUT2D eigenvalue weighted by atomic mass is 19.2. The Balaban J connectivity index is 1.94. The molecular weight excluding hydrogens is 278 g/mol. The molecule has 1 aliphatic rings. The second kappa shape index (κ2) is 6.39. The van der Waals surface area contributed by atoms with E-state index in [2.05, 4.69) is 5.32 Å². The van der Waals surface area contributed by atoms with Crippen molar-refractivity contribution in [1.29, 1.82) is 0 Å². The summed E-state index contributed by atoms with van der Waals surface area (Å²) in [6.07, 6.45) is 2.36. The standard InChI is InChI=1S/C15H20F2N2O2/c1-2-15(10-20)5-7-19(8-6-15)14(21)18-11-3-4-12(16)13(17)9-11/h3-4,9,20H,2,5-8,10H2,1H3,(H,18,21). The number of anilines is 1. The zero-order chi connectivity index (χ0) is 15.5. The number of nitrogens with one attached hydrogen (secondary N) is 1. The van der Waals surface area contributed by atoms with E-state index in [1.54, 1.807) is 4.90 Å². The number of rotatable bonds is 3. The number of hydrogen-bond donors (Lipinski definition) is 2. The lowest BCUT2D eigenvalue weighted by atomic mass is 9.77. The van der Waals surface area contributed by atoms with Gasteiger partial charge in [0.1, 0.15) is 0 Å². The Morgan fingerprint density at radius 2 is 2.00 bits per heavy atom. The van der Waals surface area contributed by atoms with Crippen LogP contribution in [0.15, 0.2) is 18.2 Å². The minimum Gasteiger partial charge on any atom is -0.396 e. The van der Waals surface area contributed by atoms with Gasteiger partial charge in [-0.25, -0.2) is 13.6 Å². The lowest BCUT2D eigenvalue weighted by Crippen LogP contribution is -2.46. The van der Waals surface area contributed by atoms with E-state index >= 15 is 0 Å². The van der Waals surface area contributed by atoms with Crippen LogP contribution in [0.3, 0.4) is 0 Å². The molecule has 0 saturated carbocycles. The van der Waals surface area contributed by atoms with Crippen LogP contribution in [0.4, 0.5) is 19.3 Å². The van der Waals surface area contributed by atoms with Crippen molar-refractivity contribution in [1.82, 2.24) is 4.90 Å². The fraction of sp³-hybridized carbons (Fsp3) is 0.533. The molecule has 21 heavy (non-hydrogen) atoms. The second-order valence-corrected chi connectivity index (χ2v) is 5.56. The zero-order valence-corrected chi connectivity index (χ0v) is 12.0. The van der Waals surface area contributed by atoms with Gasteiger partial charge in [0.15, 0.2) is 11.6 Å². The molecule has 0 aliphatic carbocycles. The number of hydrogen-bond acceptors (Lipinski definition) is 2. The molecule has 1 aromatic carbocycles. The summed E-state index contributed by atoms with van der Waals surface area (Å²) in [5.74, 6) is -1.93. The molecule has 116 valence electrons. The maximum atomic E-state index is 13.1. The lowest BCUT2D eigenvalue weighted by molar-refractivity contribution is 0.0542. The van der Waals surface area contributed by atoms with Gasteiger partial charge in [-0.05, 0) is 36.8 Å². The molecule has 2 amide bonds. The first-order valence-electron chi connectivity index (χ1n) is 7.11. The maximum Gasteiger partial charge on any atom is 0.321 e. The summed E-state index contributed by atoms with van der Waals surface area (Å²) in [5, 5.41) is 12.0. The molecule has 0 aromatic heterocycles. The van der Waals surface area contributed by atoms with Gasteiger partial charge in [0.25, 0.3) is 0 Å². The van der Waals surface area contributed by atoms with Crippen LogP contribution in [0.25, 0.3) is 0 Å². The Labute approximate surface area is 122 Å². The second-order valence-electron chi connectivity index (χ2n) is 5.56. The van der Waals surface area contributed by atoms with Crippen LogP contribution in [0.1, 0.15) is 26.2 Å². The first-order valence-corrected chi connectivity index (χ1v) is 7.11. The van der Waals surface area contributed by atoms with E-state index in [1.165, 1.54) is 6.07 Å². The molecule has 1 heterocycles. The molecule has 4 nitrogen and oxygen atoms in total. The Morgan fingerprint density at radius 3 is 2.52 bits per heavy atom. The number of likely N-dealkylation sites (tertiary alicyclic amines) is 1. The molecular formula is C15H20F2N2O2. The quantitative estimate of drug-likeness (QED) is 0.901. The zero-order valence-electron chi connectivity index (χ0n) is 12.0.